The molecule has 1 amide bonds. The fraction of sp³-hybridized carbons (Fsp3) is 0.250. The van der Waals surface area contributed by atoms with Crippen LogP contribution in [0.2, 0.25) is 0 Å². The lowest BCUT2D eigenvalue weighted by Crippen LogP contribution is -2.28. The second kappa shape index (κ2) is 9.53. The molecule has 0 bridgehead atoms. The molecule has 2 aromatic rings. The maximum Gasteiger partial charge on any atom is 0.251 e. The van der Waals surface area contributed by atoms with Crippen molar-refractivity contribution in [3.05, 3.63) is 66.0 Å². The molecule has 0 aliphatic rings. The fourth-order valence-electron chi connectivity index (χ4n) is 2.63. The van der Waals surface area contributed by atoms with Gasteiger partial charge in [0.2, 0.25) is 10.0 Å². The van der Waals surface area contributed by atoms with E-state index in [9.17, 15) is 17.6 Å². The molecule has 156 valence electrons. The van der Waals surface area contributed by atoms with Crippen LogP contribution in [0.1, 0.15) is 28.9 Å². The van der Waals surface area contributed by atoms with E-state index < -0.39 is 32.7 Å². The summed E-state index contributed by atoms with van der Waals surface area (Å²) >= 11 is 0. The Labute approximate surface area is 169 Å². The van der Waals surface area contributed by atoms with Crippen molar-refractivity contribution in [3.8, 4) is 11.5 Å². The summed E-state index contributed by atoms with van der Waals surface area (Å²) in [6.07, 6.45) is 1.33. The number of amides is 1. The van der Waals surface area contributed by atoms with Crippen LogP contribution in [0, 0.1) is 5.82 Å². The Balaban J connectivity index is 2.30. The van der Waals surface area contributed by atoms with Crippen LogP contribution < -0.4 is 19.5 Å². The van der Waals surface area contributed by atoms with Gasteiger partial charge in [-0.1, -0.05) is 6.08 Å². The van der Waals surface area contributed by atoms with E-state index in [-0.39, 0.29) is 12.1 Å². The van der Waals surface area contributed by atoms with E-state index in [1.807, 2.05) is 0 Å². The first-order chi connectivity index (χ1) is 13.7. The fourth-order valence-corrected chi connectivity index (χ4v) is 3.73. The van der Waals surface area contributed by atoms with E-state index in [4.69, 9.17) is 9.47 Å². The predicted molar refractivity (Wildman–Crippen MR) is 107 cm³/mol. The smallest absolute Gasteiger partial charge is 0.251 e. The van der Waals surface area contributed by atoms with Crippen LogP contribution in [0.15, 0.2) is 53.9 Å². The number of carbonyl (C=O) groups is 1. The summed E-state index contributed by atoms with van der Waals surface area (Å²) in [6, 6.07) is 7.82. The van der Waals surface area contributed by atoms with Crippen molar-refractivity contribution in [2.45, 2.75) is 17.9 Å². The topological polar surface area (TPSA) is 93.7 Å². The second-order valence-electron chi connectivity index (χ2n) is 6.09. The lowest BCUT2D eigenvalue weighted by Gasteiger charge is -2.18. The Morgan fingerprint density at radius 1 is 1.21 bits per heavy atom. The highest BCUT2D eigenvalue weighted by molar-refractivity contribution is 7.89. The Morgan fingerprint density at radius 2 is 1.93 bits per heavy atom. The molecule has 0 aromatic heterocycles. The Kier molecular flexibility index (Phi) is 7.35. The van der Waals surface area contributed by atoms with Gasteiger partial charge in [-0.2, -0.15) is 0 Å². The monoisotopic (exact) mass is 422 g/mol. The van der Waals surface area contributed by atoms with Gasteiger partial charge in [0.05, 0.1) is 20.3 Å². The Bertz CT molecular complexity index is 1010. The van der Waals surface area contributed by atoms with E-state index in [0.29, 0.717) is 17.1 Å². The molecular formula is C20H23FN2O5S. The van der Waals surface area contributed by atoms with Crippen LogP contribution in [0.4, 0.5) is 4.39 Å². The molecule has 0 aliphatic heterocycles. The lowest BCUT2D eigenvalue weighted by molar-refractivity contribution is 0.0939. The van der Waals surface area contributed by atoms with Gasteiger partial charge in [0, 0.05) is 17.7 Å². The molecule has 0 aliphatic carbocycles. The highest BCUT2D eigenvalue weighted by atomic mass is 32.2. The van der Waals surface area contributed by atoms with Crippen molar-refractivity contribution in [3.63, 3.8) is 0 Å². The molecule has 0 fully saturated rings. The molecule has 0 heterocycles. The Morgan fingerprint density at radius 3 is 2.55 bits per heavy atom. The van der Waals surface area contributed by atoms with Crippen molar-refractivity contribution in [1.82, 2.24) is 10.0 Å². The number of nitrogens with one attached hydrogen (secondary N) is 2. The predicted octanol–water partition coefficient (Wildman–Crippen LogP) is 2.80. The molecule has 2 N–H and O–H groups in total. The summed E-state index contributed by atoms with van der Waals surface area (Å²) in [6.45, 7) is 5.08. The molecule has 9 heteroatoms. The van der Waals surface area contributed by atoms with Crippen molar-refractivity contribution in [2.75, 3.05) is 20.8 Å². The molecule has 0 radical (unpaired) electrons. The minimum Gasteiger partial charge on any atom is -0.497 e. The normalized spacial score (nSPS) is 12.1. The summed E-state index contributed by atoms with van der Waals surface area (Å²) < 4.78 is 51.2. The van der Waals surface area contributed by atoms with Gasteiger partial charge in [-0.15, -0.1) is 6.58 Å². The second-order valence-corrected chi connectivity index (χ2v) is 7.82. The van der Waals surface area contributed by atoms with Gasteiger partial charge in [0.1, 0.15) is 22.2 Å². The van der Waals surface area contributed by atoms with Crippen LogP contribution in [-0.4, -0.2) is 35.1 Å². The van der Waals surface area contributed by atoms with Crippen LogP contribution in [0.3, 0.4) is 0 Å². The minimum absolute atomic E-state index is 0.000842. The number of ether oxygens (including phenoxy) is 2. The summed E-state index contributed by atoms with van der Waals surface area (Å²) in [4.78, 5) is 12.0. The Hall–Kier alpha value is -2.91. The SMILES string of the molecule is C=CCNS(=O)(=O)c1cc(C(=O)NC(C)c2cc(OC)ccc2OC)ccc1F. The highest BCUT2D eigenvalue weighted by Gasteiger charge is 2.22. The van der Waals surface area contributed by atoms with Gasteiger partial charge < -0.3 is 14.8 Å². The van der Waals surface area contributed by atoms with Gasteiger partial charge >= 0.3 is 0 Å². The number of rotatable bonds is 9. The standard InChI is InChI=1S/C20H23FN2O5S/c1-5-10-22-29(25,26)19-11-14(6-8-17(19)21)20(24)23-13(2)16-12-15(27-3)7-9-18(16)28-4/h5-9,11-13,22H,1,10H2,2-4H3,(H,23,24). The van der Waals surface area contributed by atoms with Crippen LogP contribution in [0.5, 0.6) is 11.5 Å². The molecule has 7 nitrogen and oxygen atoms in total. The number of carbonyl (C=O) groups excluding carboxylic acids is 1. The molecule has 0 saturated carbocycles. The molecule has 2 aromatic carbocycles. The van der Waals surface area contributed by atoms with E-state index in [0.717, 1.165) is 12.1 Å². The number of halogens is 1. The van der Waals surface area contributed by atoms with Gasteiger partial charge in [-0.05, 0) is 43.3 Å². The van der Waals surface area contributed by atoms with Gasteiger partial charge in [-0.3, -0.25) is 4.79 Å². The summed E-state index contributed by atoms with van der Waals surface area (Å²) in [7, 11) is -1.09. The average molecular weight is 422 g/mol. The maximum atomic E-state index is 14.1. The molecule has 0 spiro atoms. The van der Waals surface area contributed by atoms with Crippen molar-refractivity contribution < 1.29 is 27.1 Å². The van der Waals surface area contributed by atoms with E-state index in [2.05, 4.69) is 16.6 Å². The minimum atomic E-state index is -4.12. The van der Waals surface area contributed by atoms with Crippen LogP contribution in [-0.2, 0) is 10.0 Å². The molecule has 2 rings (SSSR count). The van der Waals surface area contributed by atoms with E-state index in [1.54, 1.807) is 25.1 Å². The highest BCUT2D eigenvalue weighted by Crippen LogP contribution is 2.29. The van der Waals surface area contributed by atoms with Crippen LogP contribution in [0.25, 0.3) is 0 Å². The van der Waals surface area contributed by atoms with Gasteiger partial charge in [0.25, 0.3) is 5.91 Å². The number of sulfonamides is 1. The molecule has 0 saturated heterocycles. The molecule has 29 heavy (non-hydrogen) atoms. The summed E-state index contributed by atoms with van der Waals surface area (Å²) in [5, 5.41) is 2.75. The summed E-state index contributed by atoms with van der Waals surface area (Å²) in [5.41, 5.74) is 0.668. The first-order valence-corrected chi connectivity index (χ1v) is 10.1. The number of methoxy groups -OCH3 is 2. The van der Waals surface area contributed by atoms with Crippen molar-refractivity contribution in [1.29, 1.82) is 0 Å². The van der Waals surface area contributed by atoms with E-state index >= 15 is 0 Å². The zero-order chi connectivity index (χ0) is 21.6. The summed E-state index contributed by atoms with van der Waals surface area (Å²) in [5.74, 6) is -0.386. The van der Waals surface area contributed by atoms with Gasteiger partial charge in [0.15, 0.2) is 0 Å². The maximum absolute atomic E-state index is 14.1. The first kappa shape index (κ1) is 22.4. The molecule has 1 unspecified atom stereocenters. The van der Waals surface area contributed by atoms with Crippen molar-refractivity contribution >= 4 is 15.9 Å². The zero-order valence-corrected chi connectivity index (χ0v) is 17.2. The zero-order valence-electron chi connectivity index (χ0n) is 16.4. The molecular weight excluding hydrogens is 399 g/mol. The molecule has 1 atom stereocenters. The van der Waals surface area contributed by atoms with Crippen molar-refractivity contribution in [2.24, 2.45) is 0 Å². The third-order valence-corrected chi connectivity index (χ3v) is 5.59. The third kappa shape index (κ3) is 5.33. The lowest BCUT2D eigenvalue weighted by atomic mass is 10.1. The van der Waals surface area contributed by atoms with Gasteiger partial charge in [-0.25, -0.2) is 17.5 Å². The van der Waals surface area contributed by atoms with E-state index in [1.165, 1.54) is 26.4 Å². The number of hydrogen-bond donors (Lipinski definition) is 2. The first-order valence-electron chi connectivity index (χ1n) is 8.66. The van der Waals surface area contributed by atoms with Crippen LogP contribution >= 0.6 is 0 Å². The largest absolute Gasteiger partial charge is 0.497 e. The third-order valence-electron chi connectivity index (χ3n) is 4.15. The average Bonchev–Trinajstić information content (AvgIpc) is 2.71. The number of benzene rings is 2. The quantitative estimate of drug-likeness (QED) is 0.606. The number of hydrogen-bond acceptors (Lipinski definition) is 5.